The summed E-state index contributed by atoms with van der Waals surface area (Å²) in [5.74, 6) is 0. The van der Waals surface area contributed by atoms with Crippen LogP contribution in [0, 0.1) is 0 Å². The monoisotopic (exact) mass is 409 g/mol. The molecule has 7 nitrogen and oxygen atoms in total. The molecule has 0 fully saturated rings. The summed E-state index contributed by atoms with van der Waals surface area (Å²) >= 11 is 11.1. The van der Waals surface area contributed by atoms with E-state index in [4.69, 9.17) is 39.2 Å². The Hall–Kier alpha value is -0.254. The molecule has 0 atom stereocenters. The standard InChI is InChI=1S/2C4H12N2.3CNS.Co/c2*5-3-1-2-4-6;3*2-1-3;/h2*1-6H2;;;;/q;;3*-1;+3. The van der Waals surface area contributed by atoms with Crippen molar-refractivity contribution in [2.45, 2.75) is 25.7 Å². The first kappa shape index (κ1) is 37.7. The smallest absolute Gasteiger partial charge is 0.753 e. The molecule has 0 saturated heterocycles. The molecule has 0 spiro atoms. The molecule has 0 aromatic carbocycles. The summed E-state index contributed by atoms with van der Waals surface area (Å²) in [5, 5.41) is 25.4. The van der Waals surface area contributed by atoms with E-state index in [-0.39, 0.29) is 16.8 Å². The Bertz CT molecular complexity index is 206. The molecule has 0 aliphatic heterocycles. The average molecular weight is 409 g/mol. The predicted molar refractivity (Wildman–Crippen MR) is 103 cm³/mol. The van der Waals surface area contributed by atoms with Gasteiger partial charge in [0.15, 0.2) is 0 Å². The molecule has 0 rings (SSSR count). The maximum atomic E-state index is 7.13. The van der Waals surface area contributed by atoms with Crippen molar-refractivity contribution < 1.29 is 16.8 Å². The van der Waals surface area contributed by atoms with Gasteiger partial charge in [-0.3, -0.25) is 0 Å². The van der Waals surface area contributed by atoms with Crippen LogP contribution in [0.25, 0.3) is 16.2 Å². The van der Waals surface area contributed by atoms with Gasteiger partial charge >= 0.3 is 16.8 Å². The summed E-state index contributed by atoms with van der Waals surface area (Å²) in [6.07, 6.45) is 4.26. The van der Waals surface area contributed by atoms with Crippen LogP contribution in [-0.4, -0.2) is 41.7 Å². The molecule has 0 amide bonds. The molecule has 0 bridgehead atoms. The van der Waals surface area contributed by atoms with E-state index < -0.39 is 0 Å². The second-order valence-corrected chi connectivity index (χ2v) is 3.39. The van der Waals surface area contributed by atoms with E-state index in [9.17, 15) is 0 Å². The summed E-state index contributed by atoms with van der Waals surface area (Å²) in [7, 11) is 0. The number of hydrogen-bond donors (Lipinski definition) is 4. The molecule has 0 unspecified atom stereocenters. The van der Waals surface area contributed by atoms with E-state index >= 15 is 0 Å². The zero-order chi connectivity index (χ0) is 17.8. The van der Waals surface area contributed by atoms with Gasteiger partial charge < -0.3 is 39.2 Å². The number of hydrogen-bond acceptors (Lipinski definition) is 7. The first-order valence-corrected chi connectivity index (χ1v) is 7.14. The van der Waals surface area contributed by atoms with E-state index in [1.165, 1.54) is 15.5 Å². The van der Waals surface area contributed by atoms with Crippen LogP contribution in [0.1, 0.15) is 25.7 Å². The Morgan fingerprint density at radius 2 is 0.636 bits per heavy atom. The number of nitrogens with two attached hydrogens (primary N) is 4. The van der Waals surface area contributed by atoms with Crippen LogP contribution in [0.5, 0.6) is 0 Å². The summed E-state index contributed by atoms with van der Waals surface area (Å²) in [6, 6.07) is 0. The van der Waals surface area contributed by atoms with Crippen LogP contribution >= 0.6 is 36.7 Å². The van der Waals surface area contributed by atoms with Crippen LogP contribution in [0.2, 0.25) is 0 Å². The largest absolute Gasteiger partial charge is 3.00 e. The number of isothiocyanates is 3. The van der Waals surface area contributed by atoms with Gasteiger partial charge in [-0.2, -0.15) is 15.5 Å². The van der Waals surface area contributed by atoms with Crippen molar-refractivity contribution >= 4 is 52.1 Å². The molecule has 0 saturated carbocycles. The summed E-state index contributed by atoms with van der Waals surface area (Å²) in [6.45, 7) is 3.10. The maximum absolute atomic E-state index is 7.13. The van der Waals surface area contributed by atoms with E-state index in [1.54, 1.807) is 0 Å². The van der Waals surface area contributed by atoms with Gasteiger partial charge in [0.25, 0.3) is 0 Å². The zero-order valence-corrected chi connectivity index (χ0v) is 15.9. The molecular formula is C11H24CoN7S3. The van der Waals surface area contributed by atoms with Crippen molar-refractivity contribution in [2.24, 2.45) is 22.9 Å². The van der Waals surface area contributed by atoms with Crippen molar-refractivity contribution in [1.82, 2.24) is 0 Å². The molecule has 11 heteroatoms. The van der Waals surface area contributed by atoms with Gasteiger partial charge in [0, 0.05) is 0 Å². The third-order valence-corrected chi connectivity index (χ3v) is 1.32. The Balaban J connectivity index is -0.0000000376. The van der Waals surface area contributed by atoms with Crippen molar-refractivity contribution in [3.8, 4) is 0 Å². The molecular weight excluding hydrogens is 385 g/mol. The Morgan fingerprint density at radius 1 is 0.545 bits per heavy atom. The van der Waals surface area contributed by atoms with Gasteiger partial charge in [-0.1, -0.05) is 36.7 Å². The number of nitrogens with zero attached hydrogens (tertiary/aromatic N) is 3. The van der Waals surface area contributed by atoms with E-state index in [0.717, 1.165) is 51.9 Å². The van der Waals surface area contributed by atoms with Crippen LogP contribution in [0.15, 0.2) is 0 Å². The summed E-state index contributed by atoms with van der Waals surface area (Å²) in [5.41, 5.74) is 20.6. The first-order chi connectivity index (χ1) is 10.1. The van der Waals surface area contributed by atoms with Gasteiger partial charge in [0.05, 0.1) is 0 Å². The van der Waals surface area contributed by atoms with Crippen LogP contribution in [0.3, 0.4) is 0 Å². The minimum absolute atomic E-state index is 0. The van der Waals surface area contributed by atoms with Crippen molar-refractivity contribution in [1.29, 1.82) is 0 Å². The average Bonchev–Trinajstić information content (AvgIpc) is 2.46. The maximum Gasteiger partial charge on any atom is 3.00 e. The molecule has 130 valence electrons. The molecule has 0 aliphatic carbocycles. The van der Waals surface area contributed by atoms with Gasteiger partial charge in [-0.15, -0.1) is 0 Å². The van der Waals surface area contributed by atoms with Crippen molar-refractivity contribution in [2.75, 3.05) is 26.2 Å². The molecule has 22 heavy (non-hydrogen) atoms. The minimum atomic E-state index is 0. The first-order valence-electron chi connectivity index (χ1n) is 5.92. The van der Waals surface area contributed by atoms with E-state index in [0.29, 0.717) is 0 Å². The fourth-order valence-electron chi connectivity index (χ4n) is 0.577. The Kier molecular flexibility index (Phi) is 120. The fraction of sp³-hybridized carbons (Fsp3) is 0.727. The van der Waals surface area contributed by atoms with Crippen LogP contribution in [0.4, 0.5) is 0 Å². The van der Waals surface area contributed by atoms with Gasteiger partial charge in [-0.25, -0.2) is 0 Å². The quantitative estimate of drug-likeness (QED) is 0.291. The minimum Gasteiger partial charge on any atom is -0.753 e. The molecule has 0 aromatic rings. The fourth-order valence-corrected chi connectivity index (χ4v) is 0.577. The normalized spacial score (nSPS) is 6.00. The SMILES string of the molecule is NCCCCN.NCCCCN.[Co+3].[N-]=C=S.[N-]=C=S.[N-]=C=S. The Morgan fingerprint density at radius 3 is 0.682 bits per heavy atom. The molecule has 0 radical (unpaired) electrons. The van der Waals surface area contributed by atoms with Crippen LogP contribution in [-0.2, 0) is 16.8 Å². The van der Waals surface area contributed by atoms with Crippen LogP contribution < -0.4 is 22.9 Å². The molecule has 0 heterocycles. The van der Waals surface area contributed by atoms with Gasteiger partial charge in [0.2, 0.25) is 0 Å². The van der Waals surface area contributed by atoms with E-state index in [1.807, 2.05) is 0 Å². The van der Waals surface area contributed by atoms with Gasteiger partial charge in [0.1, 0.15) is 0 Å². The summed E-state index contributed by atoms with van der Waals surface area (Å²) < 4.78 is 0. The second-order valence-electron chi connectivity index (χ2n) is 2.84. The van der Waals surface area contributed by atoms with Crippen molar-refractivity contribution in [3.05, 3.63) is 16.2 Å². The molecule has 8 N–H and O–H groups in total. The summed E-state index contributed by atoms with van der Waals surface area (Å²) in [4.78, 5) is 0. The third kappa shape index (κ3) is 210. The topological polar surface area (TPSA) is 171 Å². The van der Waals surface area contributed by atoms with E-state index in [2.05, 4.69) is 36.7 Å². The van der Waals surface area contributed by atoms with Gasteiger partial charge in [-0.05, 0) is 51.9 Å². The van der Waals surface area contributed by atoms with Crippen molar-refractivity contribution in [3.63, 3.8) is 0 Å². The second kappa shape index (κ2) is 70.0. The number of unbranched alkanes of at least 4 members (excludes halogenated alkanes) is 2. The third-order valence-electron chi connectivity index (χ3n) is 1.32. The number of rotatable bonds is 6. The number of thiocarbonyl (C=S) groups is 3. The molecule has 0 aliphatic rings. The molecule has 0 aromatic heterocycles. The Labute approximate surface area is 159 Å². The predicted octanol–water partition coefficient (Wildman–Crippen LogP) is 1.34. The zero-order valence-electron chi connectivity index (χ0n) is 12.4.